The van der Waals surface area contributed by atoms with Gasteiger partial charge in [0.2, 0.25) is 11.3 Å². The topological polar surface area (TPSA) is 225 Å². The van der Waals surface area contributed by atoms with Gasteiger partial charge in [-0.05, 0) is 61.0 Å². The number of thioether (sulfide) groups is 1. The molecule has 0 saturated carbocycles. The first-order valence-corrected chi connectivity index (χ1v) is 20.5. The Labute approximate surface area is 330 Å². The maximum atomic E-state index is 13.0. The standard InChI is InChI=1S/C33H49N5O7S.C6H6O2S/c1-3-4-5-6-7-8-9-10-11-12-13-14-17-29(28(39)16-15-18-30(40)41)46-24-27(32(44)35-23-31(42)43)36-33(45)38(2)26-21-19-25(37-34)20-22-26;7-9(8)6-4-2-1-3-5-6/h12-14,17,19-22,27-29,39H,3-11,15-16,18,23-24H2,1-2H3,(H3-,35,36,40,41,42,43,44,45);1-5H,(H,7,8)/b13-12+,17-14+;/t27-,28-,29+;/m0./s1. The second kappa shape index (κ2) is 29.8. The van der Waals surface area contributed by atoms with Crippen LogP contribution in [0.5, 0.6) is 0 Å². The number of diazo groups is 1. The Bertz CT molecular complexity index is 1550. The van der Waals surface area contributed by atoms with Gasteiger partial charge >= 0.3 is 23.7 Å². The zero-order valence-corrected chi connectivity index (χ0v) is 33.2. The molecule has 0 aromatic heterocycles. The lowest BCUT2D eigenvalue weighted by Crippen LogP contribution is -2.52. The number of rotatable bonds is 25. The lowest BCUT2D eigenvalue weighted by molar-refractivity contribution is -0.138. The van der Waals surface area contributed by atoms with E-state index in [4.69, 9.17) is 15.6 Å². The molecule has 1 unspecified atom stereocenters. The molecule has 0 spiro atoms. The van der Waals surface area contributed by atoms with Crippen LogP contribution in [0.1, 0.15) is 84.0 Å². The van der Waals surface area contributed by atoms with Gasteiger partial charge in [-0.3, -0.25) is 23.5 Å². The van der Waals surface area contributed by atoms with Crippen molar-refractivity contribution in [1.29, 1.82) is 5.39 Å². The predicted octanol–water partition coefficient (Wildman–Crippen LogP) is 7.17. The summed E-state index contributed by atoms with van der Waals surface area (Å²) in [5.74, 6) is -2.91. The first kappa shape index (κ1) is 48.5. The lowest BCUT2D eigenvalue weighted by atomic mass is 10.1. The van der Waals surface area contributed by atoms with Gasteiger partial charge in [0.1, 0.15) is 12.6 Å². The van der Waals surface area contributed by atoms with Crippen LogP contribution in [-0.2, 0) is 25.5 Å². The number of nitrogens with one attached hydrogen (secondary N) is 2. The van der Waals surface area contributed by atoms with Gasteiger partial charge < -0.3 is 30.5 Å². The van der Waals surface area contributed by atoms with Crippen molar-refractivity contribution < 1.29 is 43.3 Å². The maximum Gasteiger partial charge on any atom is 0.385 e. The highest BCUT2D eigenvalue weighted by atomic mass is 32.2. The van der Waals surface area contributed by atoms with E-state index in [1.54, 1.807) is 48.5 Å². The van der Waals surface area contributed by atoms with Crippen molar-refractivity contribution >= 4 is 58.1 Å². The number of carboxylic acid groups (broad SMARTS) is 2. The van der Waals surface area contributed by atoms with Crippen molar-refractivity contribution in [3.63, 3.8) is 0 Å². The summed E-state index contributed by atoms with van der Waals surface area (Å²) in [7, 11) is 1.48. The first-order valence-electron chi connectivity index (χ1n) is 18.4. The van der Waals surface area contributed by atoms with E-state index >= 15 is 0 Å². The van der Waals surface area contributed by atoms with E-state index in [2.05, 4.69) is 28.6 Å². The van der Waals surface area contributed by atoms with E-state index in [-0.39, 0.29) is 25.0 Å². The highest BCUT2D eigenvalue weighted by Gasteiger charge is 2.26. The second-order valence-electron chi connectivity index (χ2n) is 12.6. The molecule has 55 heavy (non-hydrogen) atoms. The van der Waals surface area contributed by atoms with Crippen LogP contribution in [0.4, 0.5) is 16.2 Å². The van der Waals surface area contributed by atoms with Crippen LogP contribution >= 0.6 is 11.8 Å². The minimum Gasteiger partial charge on any atom is -0.768 e. The van der Waals surface area contributed by atoms with E-state index < -0.39 is 58.9 Å². The molecule has 14 nitrogen and oxygen atoms in total. The fourth-order valence-corrected chi connectivity index (χ4v) is 6.57. The number of benzene rings is 2. The van der Waals surface area contributed by atoms with Crippen LogP contribution < -0.4 is 15.5 Å². The monoisotopic (exact) mass is 801 g/mol. The molecule has 0 bridgehead atoms. The van der Waals surface area contributed by atoms with Crippen molar-refractivity contribution in [2.24, 2.45) is 0 Å². The van der Waals surface area contributed by atoms with Crippen LogP contribution in [0.15, 0.2) is 83.8 Å². The zero-order chi connectivity index (χ0) is 40.8. The third kappa shape index (κ3) is 23.1. The molecule has 302 valence electrons. The Morgan fingerprint density at radius 1 is 0.927 bits per heavy atom. The number of aliphatic carboxylic acids is 2. The molecule has 0 aliphatic heterocycles. The van der Waals surface area contributed by atoms with Gasteiger partial charge in [0.25, 0.3) is 0 Å². The van der Waals surface area contributed by atoms with Crippen molar-refractivity contribution in [1.82, 2.24) is 10.6 Å². The Morgan fingerprint density at radius 3 is 2.13 bits per heavy atom. The van der Waals surface area contributed by atoms with E-state index in [9.17, 15) is 33.0 Å². The van der Waals surface area contributed by atoms with Gasteiger partial charge in [-0.15, -0.1) is 11.8 Å². The van der Waals surface area contributed by atoms with E-state index in [1.165, 1.54) is 80.8 Å². The minimum atomic E-state index is -2.08. The normalized spacial score (nSPS) is 13.1. The van der Waals surface area contributed by atoms with Crippen LogP contribution in [0.25, 0.3) is 4.98 Å². The molecule has 2 aromatic carbocycles. The number of carbonyl (C=O) groups excluding carboxylic acids is 2. The lowest BCUT2D eigenvalue weighted by Gasteiger charge is -2.25. The molecule has 0 fully saturated rings. The number of anilines is 1. The van der Waals surface area contributed by atoms with Crippen LogP contribution in [0.3, 0.4) is 0 Å². The minimum absolute atomic E-state index is 0.000328. The van der Waals surface area contributed by atoms with Crippen molar-refractivity contribution in [3.05, 3.63) is 83.9 Å². The number of amides is 3. The molecule has 0 aliphatic rings. The smallest absolute Gasteiger partial charge is 0.385 e. The SMILES string of the molecule is CCCCCCCCCC/C=C/C=C/[C@@H](SC[C@H](NC(=O)N(C)c1ccc([N+]#N)cc1)C(=O)NCC(=O)O)[C@@H](O)CCCC(=O)O.O=S([O-])c1ccccc1. The fourth-order valence-electron chi connectivity index (χ4n) is 4.98. The number of nitrogens with zero attached hydrogens (tertiary/aromatic N) is 3. The van der Waals surface area contributed by atoms with E-state index in [0.29, 0.717) is 16.3 Å². The first-order chi connectivity index (χ1) is 26.4. The summed E-state index contributed by atoms with van der Waals surface area (Å²) in [6.07, 6.45) is 17.9. The Kier molecular flexibility index (Phi) is 26.2. The van der Waals surface area contributed by atoms with Crippen molar-refractivity contribution in [3.8, 4) is 0 Å². The number of unbranched alkanes of at least 4 members (excludes halogenated alkanes) is 8. The summed E-state index contributed by atoms with van der Waals surface area (Å²) in [6, 6.07) is 12.6. The number of allylic oxidation sites excluding steroid dienone is 3. The van der Waals surface area contributed by atoms with Gasteiger partial charge in [0.05, 0.1) is 6.10 Å². The molecular weight excluding hydrogens is 747 g/mol. The number of urea groups is 1. The van der Waals surface area contributed by atoms with Gasteiger partial charge in [-0.25, -0.2) is 4.79 Å². The number of carboxylic acids is 2. The molecule has 3 amide bonds. The molecule has 2 aromatic rings. The van der Waals surface area contributed by atoms with Crippen molar-refractivity contribution in [2.45, 2.75) is 106 Å². The fraction of sp³-hybridized carbons (Fsp3) is 0.487. The average molecular weight is 802 g/mol. The number of aliphatic hydroxyl groups is 1. The number of carbonyl (C=O) groups is 4. The molecule has 16 heteroatoms. The van der Waals surface area contributed by atoms with Gasteiger partial charge in [-0.2, -0.15) is 0 Å². The molecule has 4 atom stereocenters. The number of hydrogen-bond acceptors (Lipinski definition) is 9. The van der Waals surface area contributed by atoms with Gasteiger partial charge in [-0.1, -0.05) is 94.4 Å². The second-order valence-corrected chi connectivity index (χ2v) is 14.7. The summed E-state index contributed by atoms with van der Waals surface area (Å²) < 4.78 is 20.4. The summed E-state index contributed by atoms with van der Waals surface area (Å²) >= 11 is -0.882. The van der Waals surface area contributed by atoms with Gasteiger partial charge in [0.15, 0.2) is 4.98 Å². The van der Waals surface area contributed by atoms with Crippen LogP contribution in [0, 0.1) is 5.39 Å². The Morgan fingerprint density at radius 2 is 1.56 bits per heavy atom. The average Bonchev–Trinajstić information content (AvgIpc) is 3.17. The summed E-state index contributed by atoms with van der Waals surface area (Å²) in [4.78, 5) is 52.7. The highest BCUT2D eigenvalue weighted by Crippen LogP contribution is 2.23. The summed E-state index contributed by atoms with van der Waals surface area (Å²) in [6.45, 7) is 1.57. The zero-order valence-electron chi connectivity index (χ0n) is 31.6. The Hall–Kier alpha value is -4.56. The highest BCUT2D eigenvalue weighted by molar-refractivity contribution is 8.00. The predicted molar refractivity (Wildman–Crippen MR) is 215 cm³/mol. The molecule has 5 N–H and O–H groups in total. The summed E-state index contributed by atoms with van der Waals surface area (Å²) in [5.41, 5.74) is 0.750. The third-order valence-electron chi connectivity index (χ3n) is 8.12. The molecule has 0 saturated heterocycles. The Balaban J connectivity index is 0.00000146. The number of hydrogen-bond donors (Lipinski definition) is 5. The van der Waals surface area contributed by atoms with E-state index in [0.717, 1.165) is 12.8 Å². The molecule has 0 aliphatic carbocycles. The molecule has 2 rings (SSSR count). The molecular formula is C39H55N5O9S2. The molecule has 0 radical (unpaired) electrons. The largest absolute Gasteiger partial charge is 0.768 e. The third-order valence-corrected chi connectivity index (χ3v) is 10.2. The quantitative estimate of drug-likeness (QED) is 0.0293. The van der Waals surface area contributed by atoms with Crippen LogP contribution in [0.2, 0.25) is 0 Å². The number of aliphatic hydroxyl groups excluding tert-OH is 1. The maximum absolute atomic E-state index is 13.0. The summed E-state index contributed by atoms with van der Waals surface area (Å²) in [5, 5.41) is 42.2. The molecule has 0 heterocycles. The van der Waals surface area contributed by atoms with Gasteiger partial charge in [0, 0.05) is 47.2 Å². The van der Waals surface area contributed by atoms with Crippen LogP contribution in [-0.4, -0.2) is 84.7 Å². The van der Waals surface area contributed by atoms with Crippen molar-refractivity contribution in [2.75, 3.05) is 24.2 Å². The van der Waals surface area contributed by atoms with E-state index in [1.807, 2.05) is 12.2 Å².